The maximum absolute atomic E-state index is 13.6. The van der Waals surface area contributed by atoms with Gasteiger partial charge >= 0.3 is 0 Å². The van der Waals surface area contributed by atoms with Crippen LogP contribution < -0.4 is 0 Å². The van der Waals surface area contributed by atoms with E-state index in [9.17, 15) is 19.6 Å². The second kappa shape index (κ2) is 3.83. The second-order valence-electron chi connectivity index (χ2n) is 4.21. The Hall–Kier alpha value is -1.49. The van der Waals surface area contributed by atoms with Gasteiger partial charge < -0.3 is 5.11 Å². The van der Waals surface area contributed by atoms with E-state index in [1.54, 1.807) is 0 Å². The maximum Gasteiger partial charge on any atom is 0.269 e. The van der Waals surface area contributed by atoms with Gasteiger partial charge in [0.1, 0.15) is 5.82 Å². The third kappa shape index (κ3) is 1.57. The number of hydrogen-bond donors (Lipinski definition) is 1. The average molecular weight is 225 g/mol. The van der Waals surface area contributed by atoms with Gasteiger partial charge in [0.05, 0.1) is 11.5 Å². The molecule has 1 saturated carbocycles. The van der Waals surface area contributed by atoms with Crippen LogP contribution in [0, 0.1) is 15.9 Å². The summed E-state index contributed by atoms with van der Waals surface area (Å²) in [6.07, 6.45) is 2.28. The zero-order valence-electron chi connectivity index (χ0n) is 8.65. The van der Waals surface area contributed by atoms with Crippen LogP contribution in [0.1, 0.15) is 24.8 Å². The van der Waals surface area contributed by atoms with Crippen molar-refractivity contribution < 1.29 is 14.4 Å². The summed E-state index contributed by atoms with van der Waals surface area (Å²) in [6, 6.07) is 3.48. The van der Waals surface area contributed by atoms with Crippen LogP contribution in [0.5, 0.6) is 0 Å². The van der Waals surface area contributed by atoms with Crippen LogP contribution >= 0.6 is 0 Å². The fraction of sp³-hybridized carbons (Fsp3) is 0.455. The molecule has 0 atom stereocenters. The molecule has 4 nitrogen and oxygen atoms in total. The number of nitro groups is 1. The molecule has 1 aromatic carbocycles. The van der Waals surface area contributed by atoms with E-state index in [1.807, 2.05) is 0 Å². The number of aliphatic hydroxyl groups is 1. The molecule has 1 N–H and O–H groups in total. The highest BCUT2D eigenvalue weighted by molar-refractivity contribution is 5.40. The molecule has 1 fully saturated rings. The third-order valence-corrected chi connectivity index (χ3v) is 3.35. The van der Waals surface area contributed by atoms with Gasteiger partial charge in [0.15, 0.2) is 0 Å². The third-order valence-electron chi connectivity index (χ3n) is 3.35. The lowest BCUT2D eigenvalue weighted by atomic mass is 9.65. The lowest BCUT2D eigenvalue weighted by Crippen LogP contribution is -2.38. The minimum atomic E-state index is -0.601. The van der Waals surface area contributed by atoms with Crippen LogP contribution in [0.15, 0.2) is 18.2 Å². The number of rotatable bonds is 3. The molecule has 0 unspecified atom stereocenters. The van der Waals surface area contributed by atoms with Crippen molar-refractivity contribution in [1.29, 1.82) is 0 Å². The molecule has 0 bridgehead atoms. The monoisotopic (exact) mass is 225 g/mol. The number of benzene rings is 1. The van der Waals surface area contributed by atoms with Gasteiger partial charge in [0.25, 0.3) is 5.69 Å². The Balaban J connectivity index is 2.46. The first kappa shape index (κ1) is 11.0. The van der Waals surface area contributed by atoms with Crippen molar-refractivity contribution >= 4 is 5.69 Å². The van der Waals surface area contributed by atoms with Crippen LogP contribution in [0.2, 0.25) is 0 Å². The Kier molecular flexibility index (Phi) is 2.63. The van der Waals surface area contributed by atoms with E-state index in [2.05, 4.69) is 0 Å². The average Bonchev–Trinajstić information content (AvgIpc) is 2.19. The van der Waals surface area contributed by atoms with E-state index in [1.165, 1.54) is 6.07 Å². The fourth-order valence-electron chi connectivity index (χ4n) is 2.15. The van der Waals surface area contributed by atoms with Crippen molar-refractivity contribution in [2.24, 2.45) is 0 Å². The standard InChI is InChI=1S/C11H12FNO3/c12-10-3-2-8(13(15)16)6-9(10)11(7-14)4-1-5-11/h2-3,6,14H,1,4-5,7H2. The van der Waals surface area contributed by atoms with E-state index >= 15 is 0 Å². The van der Waals surface area contributed by atoms with Crippen molar-refractivity contribution in [2.45, 2.75) is 24.7 Å². The molecule has 86 valence electrons. The Morgan fingerprint density at radius 3 is 2.62 bits per heavy atom. The molecule has 2 rings (SSSR count). The molecule has 0 spiro atoms. The molecule has 1 aromatic rings. The predicted molar refractivity (Wildman–Crippen MR) is 55.7 cm³/mol. The quantitative estimate of drug-likeness (QED) is 0.633. The van der Waals surface area contributed by atoms with Crippen molar-refractivity contribution in [2.75, 3.05) is 6.61 Å². The first-order valence-electron chi connectivity index (χ1n) is 5.14. The van der Waals surface area contributed by atoms with Crippen LogP contribution in [-0.2, 0) is 5.41 Å². The highest BCUT2D eigenvalue weighted by atomic mass is 19.1. The van der Waals surface area contributed by atoms with Gasteiger partial charge in [-0.3, -0.25) is 10.1 Å². The van der Waals surface area contributed by atoms with Crippen molar-refractivity contribution in [3.63, 3.8) is 0 Å². The fourth-order valence-corrected chi connectivity index (χ4v) is 2.15. The van der Waals surface area contributed by atoms with E-state index in [4.69, 9.17) is 0 Å². The Morgan fingerprint density at radius 1 is 1.50 bits per heavy atom. The van der Waals surface area contributed by atoms with Crippen molar-refractivity contribution in [3.05, 3.63) is 39.7 Å². The lowest BCUT2D eigenvalue weighted by molar-refractivity contribution is -0.385. The molecular formula is C11H12FNO3. The summed E-state index contributed by atoms with van der Waals surface area (Å²) < 4.78 is 13.6. The Bertz CT molecular complexity index is 424. The van der Waals surface area contributed by atoms with Crippen molar-refractivity contribution in [1.82, 2.24) is 0 Å². The number of hydrogen-bond acceptors (Lipinski definition) is 3. The number of aliphatic hydroxyl groups excluding tert-OH is 1. The molecule has 1 aliphatic carbocycles. The number of nitrogens with zero attached hydrogens (tertiary/aromatic N) is 1. The maximum atomic E-state index is 13.6. The van der Waals surface area contributed by atoms with Gasteiger partial charge in [0, 0.05) is 23.1 Å². The summed E-state index contributed by atoms with van der Waals surface area (Å²) in [6.45, 7) is -0.162. The van der Waals surface area contributed by atoms with E-state index < -0.39 is 16.2 Å². The predicted octanol–water partition coefficient (Wildman–Crippen LogP) is 2.15. The summed E-state index contributed by atoms with van der Waals surface area (Å²) in [5, 5.41) is 19.9. The normalized spacial score (nSPS) is 17.9. The summed E-state index contributed by atoms with van der Waals surface area (Å²) in [4.78, 5) is 10.1. The largest absolute Gasteiger partial charge is 0.395 e. The molecular weight excluding hydrogens is 213 g/mol. The zero-order valence-corrected chi connectivity index (χ0v) is 8.65. The van der Waals surface area contributed by atoms with Gasteiger partial charge in [-0.15, -0.1) is 0 Å². The first-order valence-corrected chi connectivity index (χ1v) is 5.14. The van der Waals surface area contributed by atoms with E-state index in [0.29, 0.717) is 12.8 Å². The zero-order chi connectivity index (χ0) is 11.8. The smallest absolute Gasteiger partial charge is 0.269 e. The molecule has 0 aromatic heterocycles. The molecule has 0 aliphatic heterocycles. The minimum Gasteiger partial charge on any atom is -0.395 e. The topological polar surface area (TPSA) is 63.4 Å². The Morgan fingerprint density at radius 2 is 2.19 bits per heavy atom. The van der Waals surface area contributed by atoms with Gasteiger partial charge in [0.2, 0.25) is 0 Å². The SMILES string of the molecule is O=[N+]([O-])c1ccc(F)c(C2(CO)CCC2)c1. The number of halogens is 1. The molecule has 0 amide bonds. The first-order chi connectivity index (χ1) is 7.59. The summed E-state index contributed by atoms with van der Waals surface area (Å²) in [7, 11) is 0. The van der Waals surface area contributed by atoms with Crippen LogP contribution in [0.25, 0.3) is 0 Å². The molecule has 5 heteroatoms. The van der Waals surface area contributed by atoms with Gasteiger partial charge in [-0.25, -0.2) is 4.39 Å². The summed E-state index contributed by atoms with van der Waals surface area (Å²) >= 11 is 0. The molecule has 16 heavy (non-hydrogen) atoms. The van der Waals surface area contributed by atoms with Crippen LogP contribution in [0.3, 0.4) is 0 Å². The van der Waals surface area contributed by atoms with Crippen molar-refractivity contribution in [3.8, 4) is 0 Å². The summed E-state index contributed by atoms with van der Waals surface area (Å²) in [5.74, 6) is -0.473. The highest BCUT2D eigenvalue weighted by Gasteiger charge is 2.40. The van der Waals surface area contributed by atoms with Gasteiger partial charge in [-0.05, 0) is 18.9 Å². The highest BCUT2D eigenvalue weighted by Crippen LogP contribution is 2.45. The molecule has 1 aliphatic rings. The molecule has 0 heterocycles. The van der Waals surface area contributed by atoms with Gasteiger partial charge in [-0.1, -0.05) is 6.42 Å². The number of nitro benzene ring substituents is 1. The molecule has 0 saturated heterocycles. The summed E-state index contributed by atoms with van der Waals surface area (Å²) in [5.41, 5.74) is -0.456. The molecule has 0 radical (unpaired) electrons. The number of non-ortho nitro benzene ring substituents is 1. The minimum absolute atomic E-state index is 0.129. The van der Waals surface area contributed by atoms with Crippen LogP contribution in [-0.4, -0.2) is 16.6 Å². The Labute approximate surface area is 91.9 Å². The van der Waals surface area contributed by atoms with Crippen LogP contribution in [0.4, 0.5) is 10.1 Å². The second-order valence-corrected chi connectivity index (χ2v) is 4.21. The van der Waals surface area contributed by atoms with Gasteiger partial charge in [-0.2, -0.15) is 0 Å². The van der Waals surface area contributed by atoms with E-state index in [0.717, 1.165) is 18.6 Å². The van der Waals surface area contributed by atoms with E-state index in [-0.39, 0.29) is 17.9 Å². The lowest BCUT2D eigenvalue weighted by Gasteiger charge is -2.40.